The smallest absolute Gasteiger partial charge is 0.213 e. The lowest BCUT2D eigenvalue weighted by Gasteiger charge is -2.08. The number of rotatable bonds is 11. The lowest BCUT2D eigenvalue weighted by atomic mass is 10.2. The standard InChI is InChI=1S/C21H25N3O3S/c1-16-24-19(15-28-16)14-27-20-6-3-17(4-7-20)11-22-12-18-5-8-21(23-13-18)26-10-9-25-2/h3-8,13,15,22H,9-12,14H2,1-2H3. The first-order valence-electron chi connectivity index (χ1n) is 9.13. The number of hydrogen-bond donors (Lipinski definition) is 1. The van der Waals surface area contributed by atoms with Gasteiger partial charge in [-0.3, -0.25) is 0 Å². The van der Waals surface area contributed by atoms with E-state index in [4.69, 9.17) is 14.2 Å². The number of hydrogen-bond acceptors (Lipinski definition) is 7. The molecule has 0 aliphatic rings. The molecule has 0 saturated carbocycles. The molecule has 2 heterocycles. The molecule has 3 rings (SSSR count). The monoisotopic (exact) mass is 399 g/mol. The van der Waals surface area contributed by atoms with E-state index in [0.29, 0.717) is 25.7 Å². The van der Waals surface area contributed by atoms with Gasteiger partial charge >= 0.3 is 0 Å². The molecule has 0 atom stereocenters. The Morgan fingerprint density at radius 2 is 1.75 bits per heavy atom. The van der Waals surface area contributed by atoms with Crippen molar-refractivity contribution < 1.29 is 14.2 Å². The number of ether oxygens (including phenoxy) is 3. The molecule has 0 radical (unpaired) electrons. The fourth-order valence-corrected chi connectivity index (χ4v) is 3.11. The number of aryl methyl sites for hydroxylation is 1. The number of nitrogens with zero attached hydrogens (tertiary/aromatic N) is 2. The predicted octanol–water partition coefficient (Wildman–Crippen LogP) is 3.74. The van der Waals surface area contributed by atoms with Gasteiger partial charge in [-0.15, -0.1) is 11.3 Å². The van der Waals surface area contributed by atoms with E-state index < -0.39 is 0 Å². The molecule has 1 N–H and O–H groups in total. The first-order chi connectivity index (χ1) is 13.7. The molecule has 0 bridgehead atoms. The average Bonchev–Trinajstić information content (AvgIpc) is 3.14. The second-order valence-electron chi connectivity index (χ2n) is 6.24. The van der Waals surface area contributed by atoms with Gasteiger partial charge in [0, 0.05) is 37.8 Å². The number of aromatic nitrogens is 2. The lowest BCUT2D eigenvalue weighted by Crippen LogP contribution is -2.13. The van der Waals surface area contributed by atoms with Crippen LogP contribution in [-0.2, 0) is 24.4 Å². The summed E-state index contributed by atoms with van der Waals surface area (Å²) >= 11 is 1.64. The number of benzene rings is 1. The molecule has 28 heavy (non-hydrogen) atoms. The highest BCUT2D eigenvalue weighted by molar-refractivity contribution is 7.09. The molecule has 0 aliphatic carbocycles. The molecule has 2 aromatic heterocycles. The maximum absolute atomic E-state index is 5.78. The zero-order valence-corrected chi connectivity index (χ0v) is 17.0. The number of thiazole rings is 1. The highest BCUT2D eigenvalue weighted by atomic mass is 32.1. The molecule has 6 nitrogen and oxygen atoms in total. The third-order valence-electron chi connectivity index (χ3n) is 3.97. The molecule has 7 heteroatoms. The summed E-state index contributed by atoms with van der Waals surface area (Å²) in [5.74, 6) is 1.46. The van der Waals surface area contributed by atoms with E-state index in [1.807, 2.05) is 42.8 Å². The highest BCUT2D eigenvalue weighted by Gasteiger charge is 2.01. The Balaban J connectivity index is 1.38. The van der Waals surface area contributed by atoms with E-state index in [1.54, 1.807) is 18.4 Å². The minimum absolute atomic E-state index is 0.500. The van der Waals surface area contributed by atoms with Gasteiger partial charge in [-0.1, -0.05) is 18.2 Å². The van der Waals surface area contributed by atoms with Gasteiger partial charge in [0.1, 0.15) is 19.0 Å². The van der Waals surface area contributed by atoms with Gasteiger partial charge in [-0.2, -0.15) is 0 Å². The van der Waals surface area contributed by atoms with Crippen LogP contribution < -0.4 is 14.8 Å². The van der Waals surface area contributed by atoms with Crippen LogP contribution in [0.3, 0.4) is 0 Å². The van der Waals surface area contributed by atoms with Crippen LogP contribution in [0.15, 0.2) is 48.0 Å². The molecule has 0 unspecified atom stereocenters. The van der Waals surface area contributed by atoms with Crippen LogP contribution in [0.25, 0.3) is 0 Å². The average molecular weight is 400 g/mol. The second kappa shape index (κ2) is 10.8. The maximum atomic E-state index is 5.78. The zero-order chi connectivity index (χ0) is 19.6. The van der Waals surface area contributed by atoms with Gasteiger partial charge in [0.15, 0.2) is 0 Å². The van der Waals surface area contributed by atoms with Gasteiger partial charge in [0.05, 0.1) is 17.3 Å². The number of nitrogens with one attached hydrogen (secondary N) is 1. The summed E-state index contributed by atoms with van der Waals surface area (Å²) in [5.41, 5.74) is 3.28. The Morgan fingerprint density at radius 3 is 2.43 bits per heavy atom. The quantitative estimate of drug-likeness (QED) is 0.496. The summed E-state index contributed by atoms with van der Waals surface area (Å²) in [6.45, 7) is 5.07. The van der Waals surface area contributed by atoms with Crippen molar-refractivity contribution in [3.05, 3.63) is 69.8 Å². The zero-order valence-electron chi connectivity index (χ0n) is 16.2. The predicted molar refractivity (Wildman–Crippen MR) is 110 cm³/mol. The summed E-state index contributed by atoms with van der Waals surface area (Å²) in [4.78, 5) is 8.70. The Labute approximate surface area is 169 Å². The third-order valence-corrected chi connectivity index (χ3v) is 4.79. The topological polar surface area (TPSA) is 65.5 Å². The number of pyridine rings is 1. The van der Waals surface area contributed by atoms with Gasteiger partial charge < -0.3 is 19.5 Å². The van der Waals surface area contributed by atoms with E-state index >= 15 is 0 Å². The van der Waals surface area contributed by atoms with E-state index in [2.05, 4.69) is 27.4 Å². The van der Waals surface area contributed by atoms with E-state index in [-0.39, 0.29) is 0 Å². The molecule has 0 spiro atoms. The van der Waals surface area contributed by atoms with Crippen LogP contribution in [0.2, 0.25) is 0 Å². The molecule has 0 amide bonds. The van der Waals surface area contributed by atoms with Crippen molar-refractivity contribution in [2.24, 2.45) is 0 Å². The Hall–Kier alpha value is -2.48. The molecular formula is C21H25N3O3S. The molecule has 1 aromatic carbocycles. The molecule has 0 fully saturated rings. The highest BCUT2D eigenvalue weighted by Crippen LogP contribution is 2.15. The fourth-order valence-electron chi connectivity index (χ4n) is 2.52. The van der Waals surface area contributed by atoms with Crippen molar-refractivity contribution in [2.45, 2.75) is 26.6 Å². The van der Waals surface area contributed by atoms with Crippen LogP contribution in [-0.4, -0.2) is 30.3 Å². The van der Waals surface area contributed by atoms with Gasteiger partial charge in [0.25, 0.3) is 0 Å². The molecule has 3 aromatic rings. The van der Waals surface area contributed by atoms with Crippen LogP contribution in [0.1, 0.15) is 21.8 Å². The largest absolute Gasteiger partial charge is 0.487 e. The fraction of sp³-hybridized carbons (Fsp3) is 0.333. The van der Waals surface area contributed by atoms with Crippen molar-refractivity contribution in [1.82, 2.24) is 15.3 Å². The van der Waals surface area contributed by atoms with Crippen molar-refractivity contribution >= 4 is 11.3 Å². The lowest BCUT2D eigenvalue weighted by molar-refractivity contribution is 0.143. The maximum Gasteiger partial charge on any atom is 0.213 e. The van der Waals surface area contributed by atoms with Crippen molar-refractivity contribution in [3.8, 4) is 11.6 Å². The van der Waals surface area contributed by atoms with Crippen molar-refractivity contribution in [3.63, 3.8) is 0 Å². The molecular weight excluding hydrogens is 374 g/mol. The van der Waals surface area contributed by atoms with E-state index in [0.717, 1.165) is 35.1 Å². The summed E-state index contributed by atoms with van der Waals surface area (Å²) in [6.07, 6.45) is 1.83. The van der Waals surface area contributed by atoms with Crippen LogP contribution in [0.4, 0.5) is 0 Å². The van der Waals surface area contributed by atoms with Crippen LogP contribution in [0.5, 0.6) is 11.6 Å². The summed E-state index contributed by atoms with van der Waals surface area (Å²) in [6, 6.07) is 12.0. The van der Waals surface area contributed by atoms with E-state index in [1.165, 1.54) is 5.56 Å². The number of methoxy groups -OCH3 is 1. The Bertz CT molecular complexity index is 835. The minimum Gasteiger partial charge on any atom is -0.487 e. The van der Waals surface area contributed by atoms with Crippen molar-refractivity contribution in [2.75, 3.05) is 20.3 Å². The summed E-state index contributed by atoms with van der Waals surface area (Å²) in [5, 5.41) is 6.51. The molecule has 0 saturated heterocycles. The van der Waals surface area contributed by atoms with Gasteiger partial charge in [0.2, 0.25) is 5.88 Å². The summed E-state index contributed by atoms with van der Waals surface area (Å²) < 4.78 is 16.2. The molecule has 148 valence electrons. The Kier molecular flexibility index (Phi) is 7.78. The Morgan fingerprint density at radius 1 is 0.964 bits per heavy atom. The van der Waals surface area contributed by atoms with Crippen LogP contribution in [0, 0.1) is 6.92 Å². The van der Waals surface area contributed by atoms with Crippen LogP contribution >= 0.6 is 11.3 Å². The van der Waals surface area contributed by atoms with Gasteiger partial charge in [-0.05, 0) is 30.2 Å². The third kappa shape index (κ3) is 6.60. The minimum atomic E-state index is 0.500. The second-order valence-corrected chi connectivity index (χ2v) is 7.30. The molecule has 0 aliphatic heterocycles. The first-order valence-corrected chi connectivity index (χ1v) is 10.0. The summed E-state index contributed by atoms with van der Waals surface area (Å²) in [7, 11) is 1.65. The SMILES string of the molecule is COCCOc1ccc(CNCc2ccc(OCc3csc(C)n3)cc2)cn1. The first kappa shape index (κ1) is 20.3. The van der Waals surface area contributed by atoms with Crippen molar-refractivity contribution in [1.29, 1.82) is 0 Å². The van der Waals surface area contributed by atoms with E-state index in [9.17, 15) is 0 Å². The normalized spacial score (nSPS) is 10.8. The van der Waals surface area contributed by atoms with Gasteiger partial charge in [-0.25, -0.2) is 9.97 Å².